The van der Waals surface area contributed by atoms with Crippen LogP contribution in [0.1, 0.15) is 40.5 Å². The SMILES string of the molecule is CCCCOCC.CCOCC.OCCOCCOCCOCCO.OCCOCCOCCOCCO. The highest BCUT2D eigenvalue weighted by molar-refractivity contribution is 4.34. The summed E-state index contributed by atoms with van der Waals surface area (Å²) in [5.41, 5.74) is 0. The fourth-order valence-electron chi connectivity index (χ4n) is 1.94. The maximum Gasteiger partial charge on any atom is 0.0701 e. The van der Waals surface area contributed by atoms with Gasteiger partial charge in [-0.05, 0) is 27.2 Å². The number of hydrogen-bond donors (Lipinski definition) is 4. The largest absolute Gasteiger partial charge is 0.394 e. The van der Waals surface area contributed by atoms with Crippen molar-refractivity contribution in [1.29, 1.82) is 0 Å². The first kappa shape index (κ1) is 44.5. The summed E-state index contributed by atoms with van der Waals surface area (Å²) < 4.78 is 40.0. The molecule has 0 radical (unpaired) electrons. The van der Waals surface area contributed by atoms with Gasteiger partial charge in [-0.25, -0.2) is 0 Å². The molecule has 0 saturated heterocycles. The number of rotatable bonds is 26. The van der Waals surface area contributed by atoms with Crippen LogP contribution in [0.5, 0.6) is 0 Å². The summed E-state index contributed by atoms with van der Waals surface area (Å²) in [6.07, 6.45) is 2.44. The van der Waals surface area contributed by atoms with Gasteiger partial charge >= 0.3 is 0 Å². The minimum atomic E-state index is 0.0413. The highest BCUT2D eigenvalue weighted by atomic mass is 16.6. The molecular formula is C26H60O12. The number of unbranched alkanes of at least 4 members (excludes halogenated alkanes) is 1. The summed E-state index contributed by atoms with van der Waals surface area (Å²) >= 11 is 0. The topological polar surface area (TPSA) is 155 Å². The van der Waals surface area contributed by atoms with E-state index in [-0.39, 0.29) is 26.4 Å². The Hall–Kier alpha value is -0.480. The predicted octanol–water partition coefficient (Wildman–Crippen LogP) is 0.907. The molecule has 0 aliphatic rings. The first-order chi connectivity index (χ1) is 18.7. The Labute approximate surface area is 231 Å². The molecule has 0 spiro atoms. The molecule has 0 fully saturated rings. The first-order valence-corrected chi connectivity index (χ1v) is 13.7. The molecule has 4 N–H and O–H groups in total. The van der Waals surface area contributed by atoms with Gasteiger partial charge < -0.3 is 58.3 Å². The lowest BCUT2D eigenvalue weighted by molar-refractivity contribution is 0.00229. The minimum Gasteiger partial charge on any atom is -0.394 e. The van der Waals surface area contributed by atoms with Crippen molar-refractivity contribution in [1.82, 2.24) is 0 Å². The Morgan fingerprint density at radius 3 is 0.763 bits per heavy atom. The molecule has 0 bridgehead atoms. The van der Waals surface area contributed by atoms with Gasteiger partial charge in [0.15, 0.2) is 0 Å². The summed E-state index contributed by atoms with van der Waals surface area (Å²) in [6, 6.07) is 0. The van der Waals surface area contributed by atoms with Crippen LogP contribution < -0.4 is 0 Å². The Morgan fingerprint density at radius 2 is 0.579 bits per heavy atom. The number of hydrogen-bond acceptors (Lipinski definition) is 12. The van der Waals surface area contributed by atoms with Crippen LogP contribution in [0.2, 0.25) is 0 Å². The lowest BCUT2D eigenvalue weighted by Crippen LogP contribution is -2.11. The molecule has 0 saturated carbocycles. The zero-order valence-electron chi connectivity index (χ0n) is 24.6. The van der Waals surface area contributed by atoms with Gasteiger partial charge in [0.05, 0.1) is 106 Å². The van der Waals surface area contributed by atoms with Crippen LogP contribution in [0.3, 0.4) is 0 Å². The van der Waals surface area contributed by atoms with E-state index in [0.29, 0.717) is 79.3 Å². The van der Waals surface area contributed by atoms with E-state index in [9.17, 15) is 0 Å². The fraction of sp³-hybridized carbons (Fsp3) is 1.00. The van der Waals surface area contributed by atoms with Gasteiger partial charge in [0.2, 0.25) is 0 Å². The third-order valence-corrected chi connectivity index (χ3v) is 3.69. The number of aliphatic hydroxyl groups excluding tert-OH is 4. The molecule has 0 aromatic rings. The van der Waals surface area contributed by atoms with E-state index in [2.05, 4.69) is 6.92 Å². The van der Waals surface area contributed by atoms with Crippen molar-refractivity contribution >= 4 is 0 Å². The molecule has 236 valence electrons. The lowest BCUT2D eigenvalue weighted by Gasteiger charge is -2.04. The van der Waals surface area contributed by atoms with Crippen molar-refractivity contribution in [3.05, 3.63) is 0 Å². The molecule has 0 unspecified atom stereocenters. The van der Waals surface area contributed by atoms with E-state index in [1.54, 1.807) is 0 Å². The summed E-state index contributed by atoms with van der Waals surface area (Å²) in [5, 5.41) is 33.4. The van der Waals surface area contributed by atoms with Gasteiger partial charge in [-0.2, -0.15) is 0 Å². The van der Waals surface area contributed by atoms with E-state index in [0.717, 1.165) is 26.4 Å². The van der Waals surface area contributed by atoms with Crippen molar-refractivity contribution in [3.8, 4) is 0 Å². The predicted molar refractivity (Wildman–Crippen MR) is 147 cm³/mol. The summed E-state index contributed by atoms with van der Waals surface area (Å²) in [7, 11) is 0. The first-order valence-electron chi connectivity index (χ1n) is 13.7. The third-order valence-electron chi connectivity index (χ3n) is 3.69. The van der Waals surface area contributed by atoms with Crippen molar-refractivity contribution in [3.63, 3.8) is 0 Å². The molecule has 0 aliphatic carbocycles. The smallest absolute Gasteiger partial charge is 0.0701 e. The van der Waals surface area contributed by atoms with Crippen molar-refractivity contribution in [2.75, 3.05) is 132 Å². The maximum absolute atomic E-state index is 8.36. The highest BCUT2D eigenvalue weighted by Crippen LogP contribution is 1.85. The molecule has 0 amide bonds. The van der Waals surface area contributed by atoms with E-state index >= 15 is 0 Å². The van der Waals surface area contributed by atoms with Gasteiger partial charge in [0.25, 0.3) is 0 Å². The summed E-state index contributed by atoms with van der Waals surface area (Å²) in [4.78, 5) is 0. The number of ether oxygens (including phenoxy) is 8. The summed E-state index contributed by atoms with van der Waals surface area (Å²) in [6.45, 7) is 17.2. The Bertz CT molecular complexity index is 281. The maximum atomic E-state index is 8.36. The second-order valence-electron chi connectivity index (χ2n) is 6.90. The van der Waals surface area contributed by atoms with E-state index < -0.39 is 0 Å². The molecule has 38 heavy (non-hydrogen) atoms. The monoisotopic (exact) mass is 564 g/mol. The van der Waals surface area contributed by atoms with Crippen LogP contribution >= 0.6 is 0 Å². The highest BCUT2D eigenvalue weighted by Gasteiger charge is 1.91. The zero-order valence-corrected chi connectivity index (χ0v) is 24.6. The summed E-state index contributed by atoms with van der Waals surface area (Å²) in [5.74, 6) is 0. The molecular weight excluding hydrogens is 504 g/mol. The zero-order chi connectivity index (χ0) is 29.2. The van der Waals surface area contributed by atoms with Crippen LogP contribution in [0.25, 0.3) is 0 Å². The number of aliphatic hydroxyl groups is 4. The molecule has 0 heterocycles. The quantitative estimate of drug-likeness (QED) is 0.110. The average Bonchev–Trinajstić information content (AvgIpc) is 2.93. The van der Waals surface area contributed by atoms with Crippen LogP contribution in [0.15, 0.2) is 0 Å². The van der Waals surface area contributed by atoms with Gasteiger partial charge in [-0.3, -0.25) is 0 Å². The molecule has 0 atom stereocenters. The van der Waals surface area contributed by atoms with Crippen molar-refractivity contribution in [2.45, 2.75) is 40.5 Å². The molecule has 0 rings (SSSR count). The van der Waals surface area contributed by atoms with Crippen LogP contribution in [0, 0.1) is 0 Å². The van der Waals surface area contributed by atoms with Gasteiger partial charge in [-0.15, -0.1) is 0 Å². The van der Waals surface area contributed by atoms with E-state index in [1.807, 2.05) is 20.8 Å². The molecule has 12 nitrogen and oxygen atoms in total. The van der Waals surface area contributed by atoms with E-state index in [1.165, 1.54) is 12.8 Å². The van der Waals surface area contributed by atoms with E-state index in [4.69, 9.17) is 58.3 Å². The Balaban J connectivity index is -0.000000217. The molecule has 12 heteroatoms. The normalized spacial score (nSPS) is 10.1. The second kappa shape index (κ2) is 52.9. The minimum absolute atomic E-state index is 0.0413. The molecule has 0 aromatic carbocycles. The standard InChI is InChI=1S/2C8H18O5.C6H14O.C4H10O/c2*9-1-3-11-5-7-13-8-6-12-4-2-10;1-3-5-6-7-4-2;1-3-5-4-2/h2*9-10H,1-8H2;3-6H2,1-2H3;3-4H2,1-2H3. The molecule has 0 aromatic heterocycles. The van der Waals surface area contributed by atoms with Crippen LogP contribution in [-0.4, -0.2) is 153 Å². The lowest BCUT2D eigenvalue weighted by atomic mass is 10.4. The molecule has 0 aliphatic heterocycles. The van der Waals surface area contributed by atoms with Crippen molar-refractivity contribution < 1.29 is 58.3 Å². The second-order valence-corrected chi connectivity index (χ2v) is 6.90. The average molecular weight is 565 g/mol. The fourth-order valence-corrected chi connectivity index (χ4v) is 1.94. The Morgan fingerprint density at radius 1 is 0.316 bits per heavy atom. The Kier molecular flexibility index (Phi) is 62.0. The third kappa shape index (κ3) is 65.0. The van der Waals surface area contributed by atoms with Crippen molar-refractivity contribution in [2.24, 2.45) is 0 Å². The van der Waals surface area contributed by atoms with Gasteiger partial charge in [0, 0.05) is 26.4 Å². The van der Waals surface area contributed by atoms with Gasteiger partial charge in [0.1, 0.15) is 0 Å². The van der Waals surface area contributed by atoms with Crippen LogP contribution in [0.4, 0.5) is 0 Å². The van der Waals surface area contributed by atoms with Gasteiger partial charge in [-0.1, -0.05) is 13.3 Å². The van der Waals surface area contributed by atoms with Crippen LogP contribution in [-0.2, 0) is 37.9 Å².